The van der Waals surface area contributed by atoms with Crippen LogP contribution in [0.5, 0.6) is 0 Å². The molecule has 0 aliphatic carbocycles. The van der Waals surface area contributed by atoms with E-state index >= 15 is 0 Å². The normalized spacial score (nSPS) is 14.2. The van der Waals surface area contributed by atoms with Gasteiger partial charge in [0, 0.05) is 24.7 Å². The van der Waals surface area contributed by atoms with Crippen molar-refractivity contribution in [3.8, 4) is 11.4 Å². The lowest BCUT2D eigenvalue weighted by molar-refractivity contribution is 0.122. The van der Waals surface area contributed by atoms with E-state index in [9.17, 15) is 13.2 Å². The van der Waals surface area contributed by atoms with Crippen LogP contribution < -0.4 is 10.2 Å². The summed E-state index contributed by atoms with van der Waals surface area (Å²) in [5.74, 6) is -2.72. The molecule has 2 aromatic carbocycles. The van der Waals surface area contributed by atoms with Crippen LogP contribution in [0.25, 0.3) is 11.4 Å². The maximum Gasteiger partial charge on any atom is 0.196 e. The number of halogens is 3. The van der Waals surface area contributed by atoms with Gasteiger partial charge in [-0.25, -0.2) is 23.1 Å². The molecule has 1 N–H and O–H groups in total. The Kier molecular flexibility index (Phi) is 5.12. The third-order valence-electron chi connectivity index (χ3n) is 4.38. The average Bonchev–Trinajstić information content (AvgIpc) is 2.75. The van der Waals surface area contributed by atoms with Crippen LogP contribution in [-0.2, 0) is 4.74 Å². The van der Waals surface area contributed by atoms with E-state index in [1.54, 1.807) is 6.07 Å². The highest BCUT2D eigenvalue weighted by Crippen LogP contribution is 2.27. The van der Waals surface area contributed by atoms with Crippen molar-refractivity contribution in [3.05, 3.63) is 66.0 Å². The number of benzene rings is 2. The lowest BCUT2D eigenvalue weighted by atomic mass is 10.2. The fourth-order valence-corrected chi connectivity index (χ4v) is 2.93. The van der Waals surface area contributed by atoms with Gasteiger partial charge < -0.3 is 15.0 Å². The van der Waals surface area contributed by atoms with Crippen molar-refractivity contribution in [1.82, 2.24) is 9.97 Å². The van der Waals surface area contributed by atoms with Crippen LogP contribution in [0.2, 0.25) is 0 Å². The van der Waals surface area contributed by atoms with Crippen LogP contribution in [0, 0.1) is 17.5 Å². The molecule has 4 rings (SSSR count). The minimum atomic E-state index is -1.53. The summed E-state index contributed by atoms with van der Waals surface area (Å²) < 4.78 is 46.2. The van der Waals surface area contributed by atoms with Crippen LogP contribution >= 0.6 is 0 Å². The molecular weight excluding hydrogens is 369 g/mol. The van der Waals surface area contributed by atoms with Crippen LogP contribution in [0.3, 0.4) is 0 Å². The number of aromatic nitrogens is 2. The maximum atomic E-state index is 14.1. The summed E-state index contributed by atoms with van der Waals surface area (Å²) in [7, 11) is 0. The molecular formula is C20H17F3N4O. The molecule has 1 aliphatic heterocycles. The first kappa shape index (κ1) is 18.2. The molecule has 5 nitrogen and oxygen atoms in total. The van der Waals surface area contributed by atoms with Crippen molar-refractivity contribution < 1.29 is 17.9 Å². The Labute approximate surface area is 159 Å². The van der Waals surface area contributed by atoms with Gasteiger partial charge >= 0.3 is 0 Å². The Balaban J connectivity index is 1.74. The van der Waals surface area contributed by atoms with Gasteiger partial charge in [-0.3, -0.25) is 0 Å². The predicted octanol–water partition coefficient (Wildman–Crippen LogP) is 4.14. The fourth-order valence-electron chi connectivity index (χ4n) is 2.93. The molecule has 1 aliphatic rings. The minimum absolute atomic E-state index is 0.204. The first-order valence-corrected chi connectivity index (χ1v) is 8.79. The topological polar surface area (TPSA) is 50.3 Å². The molecule has 0 radical (unpaired) electrons. The van der Waals surface area contributed by atoms with Gasteiger partial charge in [0.1, 0.15) is 11.6 Å². The van der Waals surface area contributed by atoms with Crippen molar-refractivity contribution in [2.24, 2.45) is 0 Å². The SMILES string of the molecule is Fc1ccc(Nc2cc(N3CCOCC3)nc(-c3ccccc3)n2)c(F)c1F. The molecule has 0 spiro atoms. The molecule has 1 saturated heterocycles. The standard InChI is InChI=1S/C20H17F3N4O/c21-14-6-7-15(19(23)18(14)22)24-16-12-17(27-8-10-28-11-9-27)26-20(25-16)13-4-2-1-3-5-13/h1-7,12H,8-11H2,(H,24,25,26). The van der Waals surface area contributed by atoms with Gasteiger partial charge in [0.15, 0.2) is 23.3 Å². The Bertz CT molecular complexity index is 979. The zero-order chi connectivity index (χ0) is 19.5. The summed E-state index contributed by atoms with van der Waals surface area (Å²) in [5.41, 5.74) is 0.580. The van der Waals surface area contributed by atoms with Crippen molar-refractivity contribution >= 4 is 17.3 Å². The highest BCUT2D eigenvalue weighted by molar-refractivity contribution is 5.66. The molecule has 1 aromatic heterocycles. The van der Waals surface area contributed by atoms with E-state index in [4.69, 9.17) is 4.74 Å². The molecule has 0 amide bonds. The molecule has 0 atom stereocenters. The second-order valence-corrected chi connectivity index (χ2v) is 6.25. The number of hydrogen-bond donors (Lipinski definition) is 1. The average molecular weight is 386 g/mol. The number of ether oxygens (including phenoxy) is 1. The van der Waals surface area contributed by atoms with E-state index in [0.29, 0.717) is 37.9 Å². The summed E-state index contributed by atoms with van der Waals surface area (Å²) in [6, 6.07) is 13.0. The lowest BCUT2D eigenvalue weighted by Crippen LogP contribution is -2.36. The summed E-state index contributed by atoms with van der Waals surface area (Å²) >= 11 is 0. The summed E-state index contributed by atoms with van der Waals surface area (Å²) in [6.07, 6.45) is 0. The van der Waals surface area contributed by atoms with E-state index in [1.807, 2.05) is 35.2 Å². The van der Waals surface area contributed by atoms with Crippen LogP contribution in [0.1, 0.15) is 0 Å². The fraction of sp³-hybridized carbons (Fsp3) is 0.200. The first-order valence-electron chi connectivity index (χ1n) is 8.79. The number of hydrogen-bond acceptors (Lipinski definition) is 5. The second kappa shape index (κ2) is 7.85. The van der Waals surface area contributed by atoms with Gasteiger partial charge in [-0.05, 0) is 12.1 Å². The predicted molar refractivity (Wildman–Crippen MR) is 100 cm³/mol. The first-order chi connectivity index (χ1) is 13.6. The monoisotopic (exact) mass is 386 g/mol. The molecule has 2 heterocycles. The molecule has 3 aromatic rings. The van der Waals surface area contributed by atoms with E-state index in [-0.39, 0.29) is 11.5 Å². The van der Waals surface area contributed by atoms with Gasteiger partial charge in [-0.15, -0.1) is 0 Å². The van der Waals surface area contributed by atoms with Crippen LogP contribution in [0.15, 0.2) is 48.5 Å². The van der Waals surface area contributed by atoms with Crippen LogP contribution in [0.4, 0.5) is 30.5 Å². The van der Waals surface area contributed by atoms with Gasteiger partial charge in [0.05, 0.1) is 18.9 Å². The Morgan fingerprint density at radius 1 is 0.893 bits per heavy atom. The molecule has 1 fully saturated rings. The number of morpholine rings is 1. The van der Waals surface area contributed by atoms with E-state index < -0.39 is 17.5 Å². The molecule has 28 heavy (non-hydrogen) atoms. The Morgan fingerprint density at radius 3 is 2.39 bits per heavy atom. The molecule has 144 valence electrons. The van der Waals surface area contributed by atoms with E-state index in [0.717, 1.165) is 17.7 Å². The summed E-state index contributed by atoms with van der Waals surface area (Å²) in [6.45, 7) is 2.46. The molecule has 0 unspecified atom stereocenters. The third kappa shape index (κ3) is 3.77. The summed E-state index contributed by atoms with van der Waals surface area (Å²) in [4.78, 5) is 11.1. The number of nitrogens with one attached hydrogen (secondary N) is 1. The number of rotatable bonds is 4. The van der Waals surface area contributed by atoms with Crippen LogP contribution in [-0.4, -0.2) is 36.3 Å². The zero-order valence-corrected chi connectivity index (χ0v) is 14.8. The highest BCUT2D eigenvalue weighted by Gasteiger charge is 2.18. The number of anilines is 3. The largest absolute Gasteiger partial charge is 0.378 e. The third-order valence-corrected chi connectivity index (χ3v) is 4.38. The quantitative estimate of drug-likeness (QED) is 0.683. The van der Waals surface area contributed by atoms with Gasteiger partial charge in [-0.2, -0.15) is 0 Å². The Morgan fingerprint density at radius 2 is 1.64 bits per heavy atom. The van der Waals surface area contributed by atoms with Gasteiger partial charge in [0.25, 0.3) is 0 Å². The van der Waals surface area contributed by atoms with E-state index in [1.165, 1.54) is 0 Å². The smallest absolute Gasteiger partial charge is 0.196 e. The van der Waals surface area contributed by atoms with Gasteiger partial charge in [-0.1, -0.05) is 30.3 Å². The zero-order valence-electron chi connectivity index (χ0n) is 14.8. The van der Waals surface area contributed by atoms with Crippen molar-refractivity contribution in [3.63, 3.8) is 0 Å². The van der Waals surface area contributed by atoms with Crippen molar-refractivity contribution in [2.45, 2.75) is 0 Å². The molecule has 0 saturated carbocycles. The molecule has 0 bridgehead atoms. The second-order valence-electron chi connectivity index (χ2n) is 6.25. The summed E-state index contributed by atoms with van der Waals surface area (Å²) in [5, 5.41) is 2.74. The van der Waals surface area contributed by atoms with Crippen molar-refractivity contribution in [1.29, 1.82) is 0 Å². The number of nitrogens with zero attached hydrogens (tertiary/aromatic N) is 3. The minimum Gasteiger partial charge on any atom is -0.378 e. The van der Waals surface area contributed by atoms with E-state index in [2.05, 4.69) is 15.3 Å². The van der Waals surface area contributed by atoms with Gasteiger partial charge in [0.2, 0.25) is 0 Å². The van der Waals surface area contributed by atoms with Crippen molar-refractivity contribution in [2.75, 3.05) is 36.5 Å². The Hall–Kier alpha value is -3.13. The highest BCUT2D eigenvalue weighted by atomic mass is 19.2. The lowest BCUT2D eigenvalue weighted by Gasteiger charge is -2.28. The maximum absolute atomic E-state index is 14.1. The molecule has 8 heteroatoms.